The lowest BCUT2D eigenvalue weighted by Gasteiger charge is -2.10. The van der Waals surface area contributed by atoms with Crippen molar-refractivity contribution in [2.45, 2.75) is 6.92 Å². The van der Waals surface area contributed by atoms with Crippen molar-refractivity contribution >= 4 is 40.5 Å². The first-order valence-corrected chi connectivity index (χ1v) is 8.83. The van der Waals surface area contributed by atoms with Crippen LogP contribution in [-0.4, -0.2) is 24.0 Å². The number of ether oxygens (including phenoxy) is 1. The number of amides is 1. The number of hydrogen-bond donors (Lipinski definition) is 2. The number of anilines is 3. The molecule has 0 saturated heterocycles. The lowest BCUT2D eigenvalue weighted by atomic mass is 10.2. The average molecular weight is 396 g/mol. The first kappa shape index (κ1) is 19.4. The molecule has 142 valence electrons. The molecule has 3 aromatic rings. The number of nitrogens with zero attached hydrogens (tertiary/aromatic N) is 1. The topological polar surface area (TPSA) is 80.3 Å². The predicted octanol–water partition coefficient (Wildman–Crippen LogP) is 4.83. The van der Waals surface area contributed by atoms with Crippen molar-refractivity contribution in [2.75, 3.05) is 17.7 Å². The van der Waals surface area contributed by atoms with E-state index in [0.29, 0.717) is 22.0 Å². The SMILES string of the molecule is COC(=O)c1ccc(Nc2ccnc(C(=O)Nc3ccc(Cl)cc3C)c2)cc1. The molecule has 2 aromatic carbocycles. The van der Waals surface area contributed by atoms with E-state index < -0.39 is 5.97 Å². The number of halogens is 1. The molecule has 1 aromatic heterocycles. The molecule has 0 aliphatic heterocycles. The van der Waals surface area contributed by atoms with Gasteiger partial charge in [0.05, 0.1) is 12.7 Å². The molecule has 0 aliphatic rings. The third kappa shape index (κ3) is 4.66. The smallest absolute Gasteiger partial charge is 0.337 e. The molecule has 0 spiro atoms. The van der Waals surface area contributed by atoms with Crippen molar-refractivity contribution in [3.05, 3.63) is 82.6 Å². The van der Waals surface area contributed by atoms with Crippen molar-refractivity contribution in [2.24, 2.45) is 0 Å². The van der Waals surface area contributed by atoms with Crippen LogP contribution in [0.5, 0.6) is 0 Å². The van der Waals surface area contributed by atoms with Gasteiger partial charge in [-0.25, -0.2) is 4.79 Å². The molecular formula is C21H18ClN3O3. The summed E-state index contributed by atoms with van der Waals surface area (Å²) >= 11 is 5.94. The maximum absolute atomic E-state index is 12.5. The molecular weight excluding hydrogens is 378 g/mol. The van der Waals surface area contributed by atoms with Gasteiger partial charge in [0.1, 0.15) is 5.69 Å². The van der Waals surface area contributed by atoms with E-state index in [1.807, 2.05) is 6.92 Å². The zero-order valence-corrected chi connectivity index (χ0v) is 16.1. The van der Waals surface area contributed by atoms with Gasteiger partial charge in [-0.05, 0) is 67.1 Å². The lowest BCUT2D eigenvalue weighted by molar-refractivity contribution is 0.0600. The second-order valence-electron chi connectivity index (χ2n) is 6.04. The summed E-state index contributed by atoms with van der Waals surface area (Å²) < 4.78 is 4.68. The minimum absolute atomic E-state index is 0.269. The van der Waals surface area contributed by atoms with Crippen LogP contribution in [0.3, 0.4) is 0 Å². The quantitative estimate of drug-likeness (QED) is 0.605. The maximum atomic E-state index is 12.5. The molecule has 0 unspecified atom stereocenters. The highest BCUT2D eigenvalue weighted by Crippen LogP contribution is 2.21. The van der Waals surface area contributed by atoms with Crippen molar-refractivity contribution in [3.63, 3.8) is 0 Å². The number of pyridine rings is 1. The number of esters is 1. The molecule has 6 nitrogen and oxygen atoms in total. The van der Waals surface area contributed by atoms with Gasteiger partial charge in [-0.15, -0.1) is 0 Å². The van der Waals surface area contributed by atoms with Gasteiger partial charge >= 0.3 is 5.97 Å². The molecule has 0 saturated carbocycles. The maximum Gasteiger partial charge on any atom is 0.337 e. The number of methoxy groups -OCH3 is 1. The van der Waals surface area contributed by atoms with Crippen LogP contribution < -0.4 is 10.6 Å². The Morgan fingerprint density at radius 2 is 1.75 bits per heavy atom. The van der Waals surface area contributed by atoms with Crippen LogP contribution in [0.2, 0.25) is 5.02 Å². The molecule has 7 heteroatoms. The van der Waals surface area contributed by atoms with Gasteiger partial charge in [0, 0.05) is 28.3 Å². The Labute approximate surface area is 167 Å². The standard InChI is InChI=1S/C21H18ClN3O3/c1-13-11-15(22)5-8-18(13)25-20(26)19-12-17(9-10-23-19)24-16-6-3-14(4-7-16)21(27)28-2/h3-12H,1-2H3,(H,23,24)(H,25,26). The Morgan fingerprint density at radius 3 is 2.43 bits per heavy atom. The average Bonchev–Trinajstić information content (AvgIpc) is 2.70. The van der Waals surface area contributed by atoms with E-state index in [-0.39, 0.29) is 11.6 Å². The Balaban J connectivity index is 1.72. The van der Waals surface area contributed by atoms with Crippen LogP contribution in [0.4, 0.5) is 17.1 Å². The number of aromatic nitrogens is 1. The fourth-order valence-corrected chi connectivity index (χ4v) is 2.79. The third-order valence-corrected chi connectivity index (χ3v) is 4.26. The van der Waals surface area contributed by atoms with E-state index in [4.69, 9.17) is 11.6 Å². The van der Waals surface area contributed by atoms with Gasteiger partial charge in [-0.2, -0.15) is 0 Å². The molecule has 2 N–H and O–H groups in total. The number of carbonyl (C=O) groups excluding carboxylic acids is 2. The zero-order valence-electron chi connectivity index (χ0n) is 15.3. The number of rotatable bonds is 5. The summed E-state index contributed by atoms with van der Waals surface area (Å²) in [5, 5.41) is 6.62. The minimum atomic E-state index is -0.396. The number of hydrogen-bond acceptors (Lipinski definition) is 5. The highest BCUT2D eigenvalue weighted by atomic mass is 35.5. The summed E-state index contributed by atoms with van der Waals surface area (Å²) in [6, 6.07) is 15.5. The second kappa shape index (κ2) is 8.54. The van der Waals surface area contributed by atoms with Gasteiger partial charge in [0.15, 0.2) is 0 Å². The van der Waals surface area contributed by atoms with E-state index in [2.05, 4.69) is 20.4 Å². The van der Waals surface area contributed by atoms with Gasteiger partial charge in [-0.1, -0.05) is 11.6 Å². The monoisotopic (exact) mass is 395 g/mol. The molecule has 0 bridgehead atoms. The van der Waals surface area contributed by atoms with Gasteiger partial charge in [0.2, 0.25) is 0 Å². The number of aryl methyl sites for hydroxylation is 1. The molecule has 0 fully saturated rings. The number of carbonyl (C=O) groups is 2. The summed E-state index contributed by atoms with van der Waals surface area (Å²) in [5.74, 6) is -0.720. The van der Waals surface area contributed by atoms with Gasteiger partial charge < -0.3 is 15.4 Å². The van der Waals surface area contributed by atoms with E-state index in [9.17, 15) is 9.59 Å². The van der Waals surface area contributed by atoms with Crippen molar-refractivity contribution in [1.82, 2.24) is 4.98 Å². The highest BCUT2D eigenvalue weighted by Gasteiger charge is 2.11. The summed E-state index contributed by atoms with van der Waals surface area (Å²) in [6.07, 6.45) is 1.55. The van der Waals surface area contributed by atoms with Gasteiger partial charge in [-0.3, -0.25) is 9.78 Å². The Morgan fingerprint density at radius 1 is 1.00 bits per heavy atom. The Hall–Kier alpha value is -3.38. The van der Waals surface area contributed by atoms with E-state index in [1.165, 1.54) is 7.11 Å². The fourth-order valence-electron chi connectivity index (χ4n) is 2.56. The van der Waals surface area contributed by atoms with Crippen LogP contribution in [0.15, 0.2) is 60.8 Å². The van der Waals surface area contributed by atoms with Crippen LogP contribution in [-0.2, 0) is 4.74 Å². The molecule has 0 radical (unpaired) electrons. The van der Waals surface area contributed by atoms with Crippen molar-refractivity contribution < 1.29 is 14.3 Å². The molecule has 3 rings (SSSR count). The second-order valence-corrected chi connectivity index (χ2v) is 6.47. The minimum Gasteiger partial charge on any atom is -0.465 e. The van der Waals surface area contributed by atoms with Crippen molar-refractivity contribution in [1.29, 1.82) is 0 Å². The largest absolute Gasteiger partial charge is 0.465 e. The van der Waals surface area contributed by atoms with E-state index >= 15 is 0 Å². The van der Waals surface area contributed by atoms with E-state index in [1.54, 1.807) is 60.8 Å². The lowest BCUT2D eigenvalue weighted by Crippen LogP contribution is -2.14. The predicted molar refractivity (Wildman–Crippen MR) is 109 cm³/mol. The molecule has 1 heterocycles. The summed E-state index contributed by atoms with van der Waals surface area (Å²) in [6.45, 7) is 1.87. The van der Waals surface area contributed by atoms with E-state index in [0.717, 1.165) is 11.3 Å². The first-order chi connectivity index (χ1) is 13.5. The van der Waals surface area contributed by atoms with Gasteiger partial charge in [0.25, 0.3) is 5.91 Å². The fraction of sp³-hybridized carbons (Fsp3) is 0.0952. The highest BCUT2D eigenvalue weighted by molar-refractivity contribution is 6.30. The molecule has 1 amide bonds. The normalized spacial score (nSPS) is 10.2. The number of nitrogens with one attached hydrogen (secondary N) is 2. The Kier molecular flexibility index (Phi) is 5.91. The number of benzene rings is 2. The first-order valence-electron chi connectivity index (χ1n) is 8.45. The Bertz CT molecular complexity index is 1020. The van der Waals surface area contributed by atoms with Crippen LogP contribution in [0.1, 0.15) is 26.4 Å². The molecule has 0 atom stereocenters. The zero-order chi connectivity index (χ0) is 20.1. The summed E-state index contributed by atoms with van der Waals surface area (Å²) in [5.41, 5.74) is 3.72. The van der Waals surface area contributed by atoms with Crippen LogP contribution in [0.25, 0.3) is 0 Å². The summed E-state index contributed by atoms with van der Waals surface area (Å²) in [7, 11) is 1.34. The summed E-state index contributed by atoms with van der Waals surface area (Å²) in [4.78, 5) is 28.1. The third-order valence-electron chi connectivity index (χ3n) is 4.02. The van der Waals surface area contributed by atoms with Crippen LogP contribution >= 0.6 is 11.6 Å². The molecule has 28 heavy (non-hydrogen) atoms. The van der Waals surface area contributed by atoms with Crippen LogP contribution in [0, 0.1) is 6.92 Å². The van der Waals surface area contributed by atoms with Crippen molar-refractivity contribution in [3.8, 4) is 0 Å². The molecule has 0 aliphatic carbocycles.